The maximum atomic E-state index is 14.2. The van der Waals surface area contributed by atoms with Crippen molar-refractivity contribution in [1.82, 2.24) is 4.90 Å². The molecule has 0 aromatic heterocycles. The first kappa shape index (κ1) is 21.2. The normalized spacial score (nSPS) is 16.9. The van der Waals surface area contributed by atoms with E-state index in [2.05, 4.69) is 0 Å². The molecule has 138 valence electrons. The smallest absolute Gasteiger partial charge is 0.383 e. The zero-order valence-electron chi connectivity index (χ0n) is 15.3. The molecule has 0 aliphatic rings. The predicted octanol–water partition coefficient (Wildman–Crippen LogP) is 4.31. The molecule has 0 heterocycles. The van der Waals surface area contributed by atoms with Crippen molar-refractivity contribution in [2.24, 2.45) is 0 Å². The molecule has 0 spiro atoms. The highest BCUT2D eigenvalue weighted by Crippen LogP contribution is 2.42. The van der Waals surface area contributed by atoms with Gasteiger partial charge in [-0.1, -0.05) is 30.3 Å². The molecule has 1 aromatic carbocycles. The Labute approximate surface area is 143 Å². The van der Waals surface area contributed by atoms with Crippen molar-refractivity contribution in [2.45, 2.75) is 51.0 Å². The minimum absolute atomic E-state index is 0.0802. The van der Waals surface area contributed by atoms with Crippen LogP contribution in [0, 0.1) is 0 Å². The van der Waals surface area contributed by atoms with E-state index in [1.165, 1.54) is 4.90 Å². The van der Waals surface area contributed by atoms with E-state index in [0.717, 1.165) is 5.56 Å². The van der Waals surface area contributed by atoms with Gasteiger partial charge < -0.3 is 14.1 Å². The molecule has 24 heavy (non-hydrogen) atoms. The van der Waals surface area contributed by atoms with Gasteiger partial charge in [0.05, 0.1) is 6.04 Å². The summed E-state index contributed by atoms with van der Waals surface area (Å²) in [7, 11) is 0.714. The number of nitrogens with zero attached hydrogens (tertiary/aromatic N) is 1. The Kier molecular flexibility index (Phi) is 7.04. The van der Waals surface area contributed by atoms with Gasteiger partial charge in [0.1, 0.15) is 0 Å². The quantitative estimate of drug-likeness (QED) is 0.508. The van der Waals surface area contributed by atoms with Crippen molar-refractivity contribution in [1.29, 1.82) is 0 Å². The number of hydrogen-bond acceptors (Lipinski definition) is 3. The molecule has 3 nitrogen and oxygen atoms in total. The average Bonchev–Trinajstić information content (AvgIpc) is 2.42. The van der Waals surface area contributed by atoms with Gasteiger partial charge in [0, 0.05) is 6.61 Å². The van der Waals surface area contributed by atoms with E-state index < -0.39 is 26.3 Å². The summed E-state index contributed by atoms with van der Waals surface area (Å²) in [5, 5.41) is 0. The Hall–Kier alpha value is -0.893. The van der Waals surface area contributed by atoms with Gasteiger partial charge in [0.15, 0.2) is 8.32 Å². The second kappa shape index (κ2) is 7.99. The number of benzene rings is 1. The molecule has 2 unspecified atom stereocenters. The fraction of sp³-hybridized carbons (Fsp3) is 0.647. The van der Waals surface area contributed by atoms with Crippen molar-refractivity contribution in [3.05, 3.63) is 35.9 Å². The molecule has 0 aliphatic carbocycles. The molecule has 7 heteroatoms. The van der Waals surface area contributed by atoms with Gasteiger partial charge >= 0.3 is 6.18 Å². The lowest BCUT2D eigenvalue weighted by Crippen LogP contribution is -2.66. The third-order valence-corrected chi connectivity index (χ3v) is 4.46. The van der Waals surface area contributed by atoms with Crippen molar-refractivity contribution in [3.8, 4) is 0 Å². The largest absolute Gasteiger partial charge is 0.444 e. The average molecular weight is 363 g/mol. The van der Waals surface area contributed by atoms with Gasteiger partial charge in [-0.2, -0.15) is 13.2 Å². The molecular weight excluding hydrogens is 335 g/mol. The first-order valence-corrected chi connectivity index (χ1v) is 11.4. The summed E-state index contributed by atoms with van der Waals surface area (Å²) >= 11 is 0. The highest BCUT2D eigenvalue weighted by molar-refractivity contribution is 6.69. The van der Waals surface area contributed by atoms with Gasteiger partial charge in [-0.05, 0) is 52.6 Å². The Morgan fingerprint density at radius 1 is 1.08 bits per heavy atom. The summed E-state index contributed by atoms with van der Waals surface area (Å²) in [4.78, 5) is 1.54. The second-order valence-corrected chi connectivity index (χ2v) is 11.4. The number of rotatable bonds is 8. The number of halogens is 3. The predicted molar refractivity (Wildman–Crippen MR) is 92.5 cm³/mol. The van der Waals surface area contributed by atoms with Crippen LogP contribution in [0.4, 0.5) is 13.2 Å². The van der Waals surface area contributed by atoms with E-state index in [-0.39, 0.29) is 13.0 Å². The van der Waals surface area contributed by atoms with Crippen LogP contribution in [0.2, 0.25) is 19.6 Å². The van der Waals surface area contributed by atoms with Crippen molar-refractivity contribution < 1.29 is 22.3 Å². The molecular formula is C17H28F3NO2Si. The molecule has 1 aromatic rings. The zero-order chi connectivity index (χ0) is 18.6. The zero-order valence-corrected chi connectivity index (χ0v) is 16.3. The molecule has 0 amide bonds. The number of hydrogen-bond donors (Lipinski definition) is 0. The summed E-state index contributed by atoms with van der Waals surface area (Å²) < 4.78 is 53.4. The Morgan fingerprint density at radius 3 is 2.00 bits per heavy atom. The molecule has 0 saturated carbocycles. The summed E-state index contributed by atoms with van der Waals surface area (Å²) in [5.41, 5.74) is 0.809. The van der Waals surface area contributed by atoms with Crippen LogP contribution in [0.15, 0.2) is 30.3 Å². The molecule has 1 rings (SSSR count). The third kappa shape index (κ3) is 5.30. The summed E-state index contributed by atoms with van der Waals surface area (Å²) in [6.07, 6.45) is -4.47. The standard InChI is InChI=1S/C17H28F3NO2Si/c1-7-22-16(17(18,19)20,23-24(4,5)6)15(21(2)3)13-14-11-9-8-10-12-14/h8-12,15H,7,13H2,1-6H3. The van der Waals surface area contributed by atoms with E-state index in [9.17, 15) is 13.2 Å². The number of alkyl halides is 3. The lowest BCUT2D eigenvalue weighted by molar-refractivity contribution is -0.373. The minimum atomic E-state index is -4.65. The Morgan fingerprint density at radius 2 is 1.62 bits per heavy atom. The molecule has 0 radical (unpaired) electrons. The maximum absolute atomic E-state index is 14.2. The number of ether oxygens (including phenoxy) is 1. The van der Waals surface area contributed by atoms with Crippen molar-refractivity contribution in [2.75, 3.05) is 20.7 Å². The minimum Gasteiger partial charge on any atom is -0.383 e. The third-order valence-electron chi connectivity index (χ3n) is 3.55. The molecule has 0 aliphatic heterocycles. The molecule has 0 N–H and O–H groups in total. The lowest BCUT2D eigenvalue weighted by Gasteiger charge is -2.46. The van der Waals surface area contributed by atoms with Gasteiger partial charge in [0.25, 0.3) is 5.79 Å². The summed E-state index contributed by atoms with van der Waals surface area (Å²) in [6.45, 7) is 6.69. The molecule has 0 saturated heterocycles. The van der Waals surface area contributed by atoms with Crippen LogP contribution in [-0.2, 0) is 15.6 Å². The summed E-state index contributed by atoms with van der Waals surface area (Å²) in [6, 6.07) is 8.11. The van der Waals surface area contributed by atoms with E-state index in [1.807, 2.05) is 30.3 Å². The maximum Gasteiger partial charge on any atom is 0.444 e. The van der Waals surface area contributed by atoms with Gasteiger partial charge in [0.2, 0.25) is 0 Å². The SMILES string of the molecule is CCOC(O[Si](C)(C)C)(C(Cc1ccccc1)N(C)C)C(F)(F)F. The summed E-state index contributed by atoms with van der Waals surface area (Å²) in [5.74, 6) is -2.65. The van der Waals surface area contributed by atoms with Crippen molar-refractivity contribution in [3.63, 3.8) is 0 Å². The first-order valence-electron chi connectivity index (χ1n) is 8.04. The van der Waals surface area contributed by atoms with Gasteiger partial charge in [-0.15, -0.1) is 0 Å². The van der Waals surface area contributed by atoms with Gasteiger partial charge in [-0.25, -0.2) is 0 Å². The fourth-order valence-electron chi connectivity index (χ4n) is 2.69. The van der Waals surface area contributed by atoms with Crippen LogP contribution < -0.4 is 0 Å². The monoisotopic (exact) mass is 363 g/mol. The molecule has 2 atom stereocenters. The van der Waals surface area contributed by atoms with Crippen LogP contribution in [-0.4, -0.2) is 51.9 Å². The first-order chi connectivity index (χ1) is 10.9. The topological polar surface area (TPSA) is 21.7 Å². The highest BCUT2D eigenvalue weighted by atomic mass is 28.4. The van der Waals surface area contributed by atoms with E-state index in [4.69, 9.17) is 9.16 Å². The van der Waals surface area contributed by atoms with Crippen LogP contribution >= 0.6 is 0 Å². The van der Waals surface area contributed by atoms with Crippen LogP contribution in [0.5, 0.6) is 0 Å². The highest BCUT2D eigenvalue weighted by Gasteiger charge is 2.64. The lowest BCUT2D eigenvalue weighted by atomic mass is 9.96. The second-order valence-electron chi connectivity index (χ2n) is 6.98. The fourth-order valence-corrected chi connectivity index (χ4v) is 3.91. The van der Waals surface area contributed by atoms with Gasteiger partial charge in [-0.3, -0.25) is 0 Å². The Balaban J connectivity index is 3.38. The molecule has 0 fully saturated rings. The van der Waals surface area contributed by atoms with E-state index in [1.54, 1.807) is 40.7 Å². The van der Waals surface area contributed by atoms with Crippen LogP contribution in [0.25, 0.3) is 0 Å². The van der Waals surface area contributed by atoms with Crippen molar-refractivity contribution >= 4 is 8.32 Å². The van der Waals surface area contributed by atoms with E-state index >= 15 is 0 Å². The van der Waals surface area contributed by atoms with E-state index in [0.29, 0.717) is 0 Å². The molecule has 0 bridgehead atoms. The van der Waals surface area contributed by atoms with Crippen LogP contribution in [0.3, 0.4) is 0 Å². The van der Waals surface area contributed by atoms with Crippen LogP contribution in [0.1, 0.15) is 12.5 Å². The Bertz CT molecular complexity index is 503. The number of likely N-dealkylation sites (N-methyl/N-ethyl adjacent to an activating group) is 1.